The van der Waals surface area contributed by atoms with Crippen LogP contribution in [-0.2, 0) is 19.1 Å². The number of hydrogen-bond acceptors (Lipinski definition) is 4. The molecule has 1 amide bonds. The van der Waals surface area contributed by atoms with Gasteiger partial charge in [0.2, 0.25) is 5.91 Å². The Kier molecular flexibility index (Phi) is 5.97. The number of carbonyl (C=O) groups excluding carboxylic acids is 2. The van der Waals surface area contributed by atoms with Crippen LogP contribution in [0.2, 0.25) is 0 Å². The molecule has 0 saturated heterocycles. The lowest BCUT2D eigenvalue weighted by Crippen LogP contribution is -2.47. The van der Waals surface area contributed by atoms with Crippen molar-refractivity contribution in [3.8, 4) is 0 Å². The van der Waals surface area contributed by atoms with Gasteiger partial charge in [0.25, 0.3) is 0 Å². The Morgan fingerprint density at radius 2 is 1.88 bits per heavy atom. The minimum Gasteiger partial charge on any atom is -0.466 e. The lowest BCUT2D eigenvalue weighted by atomic mass is 9.89. The van der Waals surface area contributed by atoms with Crippen molar-refractivity contribution in [3.05, 3.63) is 0 Å². The van der Waals surface area contributed by atoms with Crippen LogP contribution >= 0.6 is 0 Å². The van der Waals surface area contributed by atoms with Crippen LogP contribution in [0, 0.1) is 0 Å². The molecule has 1 N–H and O–H groups in total. The molecule has 0 radical (unpaired) electrons. The summed E-state index contributed by atoms with van der Waals surface area (Å²) in [5.74, 6) is -0.401. The molecule has 1 fully saturated rings. The van der Waals surface area contributed by atoms with E-state index in [1.165, 1.54) is 0 Å². The highest BCUT2D eigenvalue weighted by Gasteiger charge is 2.30. The number of rotatable bonds is 7. The fraction of sp³-hybridized carbons (Fsp3) is 0.833. The zero-order valence-electron chi connectivity index (χ0n) is 10.5. The number of esters is 1. The molecule has 17 heavy (non-hydrogen) atoms. The van der Waals surface area contributed by atoms with Gasteiger partial charge in [-0.15, -0.1) is 0 Å². The summed E-state index contributed by atoms with van der Waals surface area (Å²) in [6.45, 7) is 4.79. The minimum absolute atomic E-state index is 0.0852. The smallest absolute Gasteiger partial charge is 0.306 e. The molecular weight excluding hydrogens is 222 g/mol. The zero-order valence-corrected chi connectivity index (χ0v) is 10.5. The highest BCUT2D eigenvalue weighted by molar-refractivity contribution is 5.81. The second kappa shape index (κ2) is 7.27. The first kappa shape index (κ1) is 14.0. The van der Waals surface area contributed by atoms with Crippen molar-refractivity contribution in [1.29, 1.82) is 0 Å². The van der Waals surface area contributed by atoms with Crippen LogP contribution in [-0.4, -0.2) is 37.2 Å². The van der Waals surface area contributed by atoms with E-state index >= 15 is 0 Å². The van der Waals surface area contributed by atoms with E-state index in [1.807, 2.05) is 6.92 Å². The fourth-order valence-electron chi connectivity index (χ4n) is 1.80. The molecule has 5 nitrogen and oxygen atoms in total. The topological polar surface area (TPSA) is 64.6 Å². The number of ether oxygens (including phenoxy) is 2. The average Bonchev–Trinajstić information content (AvgIpc) is 2.24. The maximum atomic E-state index is 11.5. The van der Waals surface area contributed by atoms with Crippen LogP contribution in [0.5, 0.6) is 0 Å². The van der Waals surface area contributed by atoms with Gasteiger partial charge in [-0.05, 0) is 26.7 Å². The summed E-state index contributed by atoms with van der Waals surface area (Å²) in [4.78, 5) is 22.5. The van der Waals surface area contributed by atoms with Crippen molar-refractivity contribution in [2.45, 2.75) is 51.7 Å². The minimum atomic E-state index is -0.316. The van der Waals surface area contributed by atoms with Gasteiger partial charge in [-0.1, -0.05) is 0 Å². The molecule has 0 aliphatic heterocycles. The van der Waals surface area contributed by atoms with Crippen molar-refractivity contribution in [2.24, 2.45) is 0 Å². The molecule has 1 aliphatic rings. The predicted molar refractivity (Wildman–Crippen MR) is 62.4 cm³/mol. The highest BCUT2D eigenvalue weighted by atomic mass is 16.5. The van der Waals surface area contributed by atoms with Gasteiger partial charge >= 0.3 is 5.97 Å². The van der Waals surface area contributed by atoms with Crippen LogP contribution in [0.25, 0.3) is 0 Å². The van der Waals surface area contributed by atoms with Gasteiger partial charge in [0.05, 0.1) is 19.1 Å². The number of nitrogens with one attached hydrogen (secondary N) is 1. The van der Waals surface area contributed by atoms with Crippen molar-refractivity contribution in [2.75, 3.05) is 13.2 Å². The van der Waals surface area contributed by atoms with Crippen molar-refractivity contribution < 1.29 is 19.1 Å². The third kappa shape index (κ3) is 5.17. The van der Waals surface area contributed by atoms with Gasteiger partial charge in [0, 0.05) is 19.1 Å². The van der Waals surface area contributed by atoms with Crippen molar-refractivity contribution >= 4 is 11.9 Å². The summed E-state index contributed by atoms with van der Waals surface area (Å²) >= 11 is 0. The molecule has 0 heterocycles. The molecule has 1 rings (SSSR count). The van der Waals surface area contributed by atoms with Crippen LogP contribution in [0.4, 0.5) is 0 Å². The van der Waals surface area contributed by atoms with Gasteiger partial charge in [-0.2, -0.15) is 0 Å². The summed E-state index contributed by atoms with van der Waals surface area (Å²) in [5, 5.41) is 2.88. The standard InChI is InChI=1S/C12H21NO4/c1-3-16-10-7-9(8-10)13-11(14)5-6-12(15)17-4-2/h9-10H,3-8H2,1-2H3,(H,13,14). The van der Waals surface area contributed by atoms with Crippen molar-refractivity contribution in [3.63, 3.8) is 0 Å². The summed E-state index contributed by atoms with van der Waals surface area (Å²) < 4.78 is 10.1. The van der Waals surface area contributed by atoms with E-state index in [1.54, 1.807) is 6.92 Å². The maximum absolute atomic E-state index is 11.5. The average molecular weight is 243 g/mol. The van der Waals surface area contributed by atoms with E-state index in [0.29, 0.717) is 13.2 Å². The third-order valence-corrected chi connectivity index (χ3v) is 2.72. The number of hydrogen-bond donors (Lipinski definition) is 1. The van der Waals surface area contributed by atoms with Crippen LogP contribution < -0.4 is 5.32 Å². The summed E-state index contributed by atoms with van der Waals surface area (Å²) in [7, 11) is 0. The number of carbonyl (C=O) groups is 2. The number of amides is 1. The molecule has 0 spiro atoms. The van der Waals surface area contributed by atoms with E-state index in [9.17, 15) is 9.59 Å². The van der Waals surface area contributed by atoms with Crippen LogP contribution in [0.3, 0.4) is 0 Å². The normalized spacial score (nSPS) is 22.7. The van der Waals surface area contributed by atoms with E-state index in [4.69, 9.17) is 9.47 Å². The van der Waals surface area contributed by atoms with Gasteiger partial charge in [-0.3, -0.25) is 9.59 Å². The molecule has 1 aliphatic carbocycles. The Bertz CT molecular complexity index is 261. The van der Waals surface area contributed by atoms with Gasteiger partial charge < -0.3 is 14.8 Å². The van der Waals surface area contributed by atoms with E-state index in [2.05, 4.69) is 5.32 Å². The molecule has 0 bridgehead atoms. The summed E-state index contributed by atoms with van der Waals surface area (Å²) in [5.41, 5.74) is 0. The van der Waals surface area contributed by atoms with Crippen LogP contribution in [0.15, 0.2) is 0 Å². The molecule has 0 atom stereocenters. The lowest BCUT2D eigenvalue weighted by molar-refractivity contribution is -0.144. The predicted octanol–water partition coefficient (Wildman–Crippen LogP) is 1.01. The highest BCUT2D eigenvalue weighted by Crippen LogP contribution is 2.23. The molecule has 1 saturated carbocycles. The largest absolute Gasteiger partial charge is 0.466 e. The van der Waals surface area contributed by atoms with E-state index < -0.39 is 0 Å². The Morgan fingerprint density at radius 1 is 1.18 bits per heavy atom. The molecule has 0 unspecified atom stereocenters. The Morgan fingerprint density at radius 3 is 2.47 bits per heavy atom. The van der Waals surface area contributed by atoms with Crippen molar-refractivity contribution in [1.82, 2.24) is 5.32 Å². The first-order chi connectivity index (χ1) is 8.15. The third-order valence-electron chi connectivity index (χ3n) is 2.72. The molecule has 98 valence electrons. The SMILES string of the molecule is CCOC(=O)CCC(=O)NC1CC(OCC)C1. The van der Waals surface area contributed by atoms with Gasteiger partial charge in [0.15, 0.2) is 0 Å². The summed E-state index contributed by atoms with van der Waals surface area (Å²) in [6.07, 6.45) is 2.39. The maximum Gasteiger partial charge on any atom is 0.306 e. The fourth-order valence-corrected chi connectivity index (χ4v) is 1.80. The Labute approximate surface area is 102 Å². The molecule has 0 aromatic heterocycles. The van der Waals surface area contributed by atoms with E-state index in [0.717, 1.165) is 12.8 Å². The van der Waals surface area contributed by atoms with Gasteiger partial charge in [-0.25, -0.2) is 0 Å². The molecule has 0 aromatic carbocycles. The molecule has 0 aromatic rings. The monoisotopic (exact) mass is 243 g/mol. The quantitative estimate of drug-likeness (QED) is 0.678. The van der Waals surface area contributed by atoms with Gasteiger partial charge in [0.1, 0.15) is 0 Å². The summed E-state index contributed by atoms with van der Waals surface area (Å²) in [6, 6.07) is 0.209. The Balaban J connectivity index is 2.05. The first-order valence-electron chi connectivity index (χ1n) is 6.22. The lowest BCUT2D eigenvalue weighted by Gasteiger charge is -2.35. The Hall–Kier alpha value is -1.10. The first-order valence-corrected chi connectivity index (χ1v) is 6.22. The molecular formula is C12H21NO4. The second-order valence-corrected chi connectivity index (χ2v) is 4.12. The molecule has 5 heteroatoms. The van der Waals surface area contributed by atoms with Crippen LogP contribution in [0.1, 0.15) is 39.5 Å². The second-order valence-electron chi connectivity index (χ2n) is 4.12. The zero-order chi connectivity index (χ0) is 12.7. The van der Waals surface area contributed by atoms with E-state index in [-0.39, 0.29) is 36.9 Å².